The monoisotopic (exact) mass is 253 g/mol. The lowest BCUT2D eigenvalue weighted by molar-refractivity contribution is -0.384. The third-order valence-corrected chi connectivity index (χ3v) is 2.48. The number of unbranched alkanes of at least 4 members (excludes halogenated alkanes) is 1. The van der Waals surface area contributed by atoms with E-state index >= 15 is 0 Å². The molecule has 0 fully saturated rings. The highest BCUT2D eigenvalue weighted by Crippen LogP contribution is 2.25. The highest BCUT2D eigenvalue weighted by atomic mass is 16.6. The van der Waals surface area contributed by atoms with Crippen molar-refractivity contribution in [1.82, 2.24) is 4.98 Å². The van der Waals surface area contributed by atoms with E-state index in [0.717, 1.165) is 18.9 Å². The van der Waals surface area contributed by atoms with Crippen LogP contribution >= 0.6 is 0 Å². The Morgan fingerprint density at radius 3 is 2.72 bits per heavy atom. The number of aromatic carboxylic acids is 1. The fourth-order valence-corrected chi connectivity index (χ4v) is 1.48. The highest BCUT2D eigenvalue weighted by molar-refractivity contribution is 5.86. The van der Waals surface area contributed by atoms with E-state index in [2.05, 4.69) is 4.98 Å². The highest BCUT2D eigenvalue weighted by Gasteiger charge is 2.21. The summed E-state index contributed by atoms with van der Waals surface area (Å²) in [5, 5.41) is 19.7. The number of carboxylic acids is 1. The van der Waals surface area contributed by atoms with Crippen molar-refractivity contribution in [3.8, 4) is 0 Å². The van der Waals surface area contributed by atoms with E-state index in [1.807, 2.05) is 6.92 Å². The molecule has 0 atom stereocenters. The Bertz CT molecular complexity index is 462. The Morgan fingerprint density at radius 1 is 1.56 bits per heavy atom. The molecule has 0 spiro atoms. The lowest BCUT2D eigenvalue weighted by atomic mass is 10.2. The number of hydrogen-bond donors (Lipinski definition) is 1. The van der Waals surface area contributed by atoms with Crippen LogP contribution in [0.1, 0.15) is 30.3 Å². The van der Waals surface area contributed by atoms with Crippen LogP contribution in [0.2, 0.25) is 0 Å². The minimum absolute atomic E-state index is 0.0911. The molecule has 0 saturated carbocycles. The molecule has 0 amide bonds. The number of rotatable bonds is 6. The largest absolute Gasteiger partial charge is 0.477 e. The van der Waals surface area contributed by atoms with Gasteiger partial charge in [-0.05, 0) is 12.5 Å². The van der Waals surface area contributed by atoms with Crippen molar-refractivity contribution in [3.05, 3.63) is 27.9 Å². The second kappa shape index (κ2) is 5.95. The zero-order valence-corrected chi connectivity index (χ0v) is 10.3. The van der Waals surface area contributed by atoms with Crippen LogP contribution < -0.4 is 4.90 Å². The quantitative estimate of drug-likeness (QED) is 0.614. The maximum absolute atomic E-state index is 10.9. The summed E-state index contributed by atoms with van der Waals surface area (Å²) in [4.78, 5) is 26.6. The first-order valence-corrected chi connectivity index (χ1v) is 5.57. The smallest absolute Gasteiger partial charge is 0.354 e. The molecule has 1 aromatic rings. The summed E-state index contributed by atoms with van der Waals surface area (Å²) in [5.74, 6) is -1.11. The van der Waals surface area contributed by atoms with Crippen LogP contribution in [0.4, 0.5) is 11.5 Å². The number of aromatic nitrogens is 1. The molecule has 0 aliphatic rings. The Balaban J connectivity index is 3.14. The normalized spacial score (nSPS) is 10.1. The molecule has 0 aliphatic heterocycles. The standard InChI is InChI=1S/C11H15N3O4/c1-3-4-7-13(2)10-9(14(17)18)6-5-8(12-10)11(15)16/h5-6H,3-4,7H2,1-2H3,(H,15,16). The molecule has 1 rings (SSSR count). The van der Waals surface area contributed by atoms with Crippen LogP contribution in [0.15, 0.2) is 12.1 Å². The van der Waals surface area contributed by atoms with Gasteiger partial charge in [0.05, 0.1) is 4.92 Å². The summed E-state index contributed by atoms with van der Waals surface area (Å²) in [5.41, 5.74) is -0.377. The third kappa shape index (κ3) is 3.16. The first-order chi connectivity index (χ1) is 8.47. The number of nitro groups is 1. The van der Waals surface area contributed by atoms with Gasteiger partial charge in [0.2, 0.25) is 5.82 Å². The molecule has 98 valence electrons. The molecule has 0 aliphatic carbocycles. The van der Waals surface area contributed by atoms with E-state index < -0.39 is 10.9 Å². The maximum atomic E-state index is 10.9. The minimum Gasteiger partial charge on any atom is -0.477 e. The van der Waals surface area contributed by atoms with Gasteiger partial charge in [0.25, 0.3) is 0 Å². The SMILES string of the molecule is CCCCN(C)c1nc(C(=O)O)ccc1[N+](=O)[O-]. The topological polar surface area (TPSA) is 96.6 Å². The van der Waals surface area contributed by atoms with E-state index in [0.29, 0.717) is 6.54 Å². The average molecular weight is 253 g/mol. The van der Waals surface area contributed by atoms with Crippen LogP contribution in [-0.4, -0.2) is 34.6 Å². The zero-order chi connectivity index (χ0) is 13.7. The minimum atomic E-state index is -1.20. The van der Waals surface area contributed by atoms with Gasteiger partial charge in [-0.25, -0.2) is 9.78 Å². The van der Waals surface area contributed by atoms with E-state index in [1.165, 1.54) is 6.07 Å². The van der Waals surface area contributed by atoms with Gasteiger partial charge >= 0.3 is 11.7 Å². The second-order valence-electron chi connectivity index (χ2n) is 3.88. The van der Waals surface area contributed by atoms with Gasteiger partial charge in [0.1, 0.15) is 0 Å². The zero-order valence-electron chi connectivity index (χ0n) is 10.3. The Kier molecular flexibility index (Phi) is 4.59. The molecule has 0 radical (unpaired) electrons. The van der Waals surface area contributed by atoms with Crippen molar-refractivity contribution in [1.29, 1.82) is 0 Å². The summed E-state index contributed by atoms with van der Waals surface area (Å²) >= 11 is 0. The Hall–Kier alpha value is -2.18. The Labute approximate surface area is 104 Å². The van der Waals surface area contributed by atoms with Gasteiger partial charge in [0.15, 0.2) is 5.69 Å². The molecule has 0 bridgehead atoms. The summed E-state index contributed by atoms with van der Waals surface area (Å²) < 4.78 is 0. The second-order valence-corrected chi connectivity index (χ2v) is 3.88. The summed E-state index contributed by atoms with van der Waals surface area (Å²) in [6.07, 6.45) is 1.80. The fourth-order valence-electron chi connectivity index (χ4n) is 1.48. The molecule has 0 unspecified atom stereocenters. The van der Waals surface area contributed by atoms with E-state index in [1.54, 1.807) is 11.9 Å². The van der Waals surface area contributed by atoms with E-state index in [9.17, 15) is 14.9 Å². The number of carbonyl (C=O) groups is 1. The van der Waals surface area contributed by atoms with Gasteiger partial charge in [-0.2, -0.15) is 0 Å². The number of hydrogen-bond acceptors (Lipinski definition) is 5. The average Bonchev–Trinajstić information content (AvgIpc) is 2.34. The van der Waals surface area contributed by atoms with Crippen LogP contribution in [0.25, 0.3) is 0 Å². The van der Waals surface area contributed by atoms with E-state index in [-0.39, 0.29) is 17.2 Å². The number of nitrogens with zero attached hydrogens (tertiary/aromatic N) is 3. The van der Waals surface area contributed by atoms with Gasteiger partial charge in [-0.3, -0.25) is 10.1 Å². The molecule has 1 N–H and O–H groups in total. The predicted octanol–water partition coefficient (Wildman–Crippen LogP) is 1.92. The van der Waals surface area contributed by atoms with Crippen LogP contribution in [0.5, 0.6) is 0 Å². The lowest BCUT2D eigenvalue weighted by Gasteiger charge is -2.17. The molecule has 7 heteroatoms. The first-order valence-electron chi connectivity index (χ1n) is 5.57. The third-order valence-electron chi connectivity index (χ3n) is 2.48. The molecule has 0 saturated heterocycles. The lowest BCUT2D eigenvalue weighted by Crippen LogP contribution is -2.21. The molecular weight excluding hydrogens is 238 g/mol. The van der Waals surface area contributed by atoms with E-state index in [4.69, 9.17) is 5.11 Å². The van der Waals surface area contributed by atoms with Crippen molar-refractivity contribution in [2.24, 2.45) is 0 Å². The van der Waals surface area contributed by atoms with Crippen LogP contribution in [0.3, 0.4) is 0 Å². The maximum Gasteiger partial charge on any atom is 0.354 e. The molecule has 1 aromatic heterocycles. The molecule has 18 heavy (non-hydrogen) atoms. The molecule has 7 nitrogen and oxygen atoms in total. The van der Waals surface area contributed by atoms with Crippen molar-refractivity contribution in [3.63, 3.8) is 0 Å². The number of anilines is 1. The molecule has 1 heterocycles. The fraction of sp³-hybridized carbons (Fsp3) is 0.455. The molecular formula is C11H15N3O4. The van der Waals surface area contributed by atoms with Crippen LogP contribution in [0, 0.1) is 10.1 Å². The van der Waals surface area contributed by atoms with Crippen molar-refractivity contribution in [2.45, 2.75) is 19.8 Å². The van der Waals surface area contributed by atoms with Crippen molar-refractivity contribution < 1.29 is 14.8 Å². The summed E-state index contributed by atoms with van der Waals surface area (Å²) in [6.45, 7) is 2.59. The van der Waals surface area contributed by atoms with Crippen LogP contribution in [-0.2, 0) is 0 Å². The number of pyridine rings is 1. The van der Waals surface area contributed by atoms with Crippen molar-refractivity contribution >= 4 is 17.5 Å². The van der Waals surface area contributed by atoms with Gasteiger partial charge < -0.3 is 10.0 Å². The molecule has 0 aromatic carbocycles. The predicted molar refractivity (Wildman–Crippen MR) is 66.0 cm³/mol. The van der Waals surface area contributed by atoms with Gasteiger partial charge in [0, 0.05) is 19.7 Å². The van der Waals surface area contributed by atoms with Gasteiger partial charge in [-0.15, -0.1) is 0 Å². The first kappa shape index (κ1) is 13.9. The number of carboxylic acid groups (broad SMARTS) is 1. The van der Waals surface area contributed by atoms with Crippen molar-refractivity contribution in [2.75, 3.05) is 18.5 Å². The Morgan fingerprint density at radius 2 is 2.22 bits per heavy atom. The summed E-state index contributed by atoms with van der Waals surface area (Å²) in [6, 6.07) is 2.31. The van der Waals surface area contributed by atoms with Gasteiger partial charge in [-0.1, -0.05) is 13.3 Å². The summed E-state index contributed by atoms with van der Waals surface area (Å²) in [7, 11) is 1.66.